The number of ether oxygens (including phenoxy) is 2. The molecule has 2 nitrogen and oxygen atoms in total. The van der Waals surface area contributed by atoms with E-state index < -0.39 is 0 Å². The van der Waals surface area contributed by atoms with Crippen molar-refractivity contribution in [3.05, 3.63) is 0 Å². The summed E-state index contributed by atoms with van der Waals surface area (Å²) in [5.41, 5.74) is 0. The molecule has 2 heterocycles. The van der Waals surface area contributed by atoms with E-state index in [-0.39, 0.29) is 0 Å². The first-order chi connectivity index (χ1) is 5.93. The van der Waals surface area contributed by atoms with Crippen molar-refractivity contribution in [2.75, 3.05) is 0 Å². The molecule has 0 aromatic carbocycles. The van der Waals surface area contributed by atoms with E-state index in [1.807, 2.05) is 0 Å². The van der Waals surface area contributed by atoms with Gasteiger partial charge in [-0.25, -0.2) is 0 Å². The molecular formula is C10H12O2. The van der Waals surface area contributed by atoms with Crippen LogP contribution in [0, 0.1) is 23.7 Å². The summed E-state index contributed by atoms with van der Waals surface area (Å²) in [6, 6.07) is 0. The van der Waals surface area contributed by atoms with Crippen LogP contribution in [-0.4, -0.2) is 24.4 Å². The van der Waals surface area contributed by atoms with E-state index in [1.165, 1.54) is 12.8 Å². The van der Waals surface area contributed by atoms with Gasteiger partial charge in [0, 0.05) is 0 Å². The summed E-state index contributed by atoms with van der Waals surface area (Å²) in [7, 11) is 0. The summed E-state index contributed by atoms with van der Waals surface area (Å²) in [5.74, 6) is 3.77. The Hall–Kier alpha value is -0.0800. The maximum atomic E-state index is 5.69. The first-order valence-electron chi connectivity index (χ1n) is 5.24. The maximum absolute atomic E-state index is 5.69. The lowest BCUT2D eigenvalue weighted by Crippen LogP contribution is -2.27. The number of hydrogen-bond acceptors (Lipinski definition) is 2. The SMILES string of the molecule is C1[C@@H]2[C@H]3O[C@@H]3[C@@H]1[C@@H]1C[C@H]3O[C@@H]3[C@@H]21. The molecule has 2 heteroatoms. The smallest absolute Gasteiger partial charge is 0.0876 e. The molecule has 0 unspecified atom stereocenters. The van der Waals surface area contributed by atoms with Gasteiger partial charge in [-0.05, 0) is 36.5 Å². The summed E-state index contributed by atoms with van der Waals surface area (Å²) >= 11 is 0. The van der Waals surface area contributed by atoms with Crippen molar-refractivity contribution < 1.29 is 9.47 Å². The van der Waals surface area contributed by atoms with Gasteiger partial charge in [-0.3, -0.25) is 0 Å². The van der Waals surface area contributed by atoms with E-state index >= 15 is 0 Å². The molecule has 3 aliphatic carbocycles. The topological polar surface area (TPSA) is 25.1 Å². The van der Waals surface area contributed by atoms with Crippen LogP contribution in [0.4, 0.5) is 0 Å². The maximum Gasteiger partial charge on any atom is 0.0876 e. The number of hydrogen-bond donors (Lipinski definition) is 0. The van der Waals surface area contributed by atoms with Crippen LogP contribution in [0.15, 0.2) is 0 Å². The highest BCUT2D eigenvalue weighted by atomic mass is 16.6. The minimum atomic E-state index is 0.676. The largest absolute Gasteiger partial charge is 0.369 e. The van der Waals surface area contributed by atoms with Crippen LogP contribution in [-0.2, 0) is 9.47 Å². The molecule has 5 fully saturated rings. The summed E-state index contributed by atoms with van der Waals surface area (Å²) in [5, 5.41) is 0. The third kappa shape index (κ3) is 0.409. The fourth-order valence-electron chi connectivity index (χ4n) is 4.58. The molecule has 2 aliphatic heterocycles. The Labute approximate surface area is 71.2 Å². The quantitative estimate of drug-likeness (QED) is 0.495. The summed E-state index contributed by atoms with van der Waals surface area (Å²) < 4.78 is 11.3. The van der Waals surface area contributed by atoms with Gasteiger partial charge in [-0.15, -0.1) is 0 Å². The van der Waals surface area contributed by atoms with Gasteiger partial charge < -0.3 is 9.47 Å². The second kappa shape index (κ2) is 1.38. The minimum Gasteiger partial charge on any atom is -0.369 e. The Morgan fingerprint density at radius 2 is 1.67 bits per heavy atom. The van der Waals surface area contributed by atoms with E-state index in [0.717, 1.165) is 23.7 Å². The van der Waals surface area contributed by atoms with E-state index in [0.29, 0.717) is 24.4 Å². The average Bonchev–Trinajstić information content (AvgIpc) is 2.92. The third-order valence-corrected chi connectivity index (χ3v) is 4.99. The van der Waals surface area contributed by atoms with Crippen molar-refractivity contribution >= 4 is 0 Å². The van der Waals surface area contributed by atoms with E-state index in [2.05, 4.69) is 0 Å². The predicted molar refractivity (Wildman–Crippen MR) is 40.5 cm³/mol. The van der Waals surface area contributed by atoms with Gasteiger partial charge in [-0.1, -0.05) is 0 Å². The van der Waals surface area contributed by atoms with Crippen molar-refractivity contribution in [3.8, 4) is 0 Å². The highest BCUT2D eigenvalue weighted by Gasteiger charge is 2.74. The van der Waals surface area contributed by atoms with Crippen LogP contribution < -0.4 is 0 Å². The van der Waals surface area contributed by atoms with Crippen LogP contribution in [0.25, 0.3) is 0 Å². The average molecular weight is 164 g/mol. The third-order valence-electron chi connectivity index (χ3n) is 4.99. The van der Waals surface area contributed by atoms with Crippen molar-refractivity contribution in [3.63, 3.8) is 0 Å². The molecule has 0 radical (unpaired) electrons. The van der Waals surface area contributed by atoms with Gasteiger partial charge in [0.05, 0.1) is 24.4 Å². The zero-order chi connectivity index (χ0) is 7.45. The zero-order valence-corrected chi connectivity index (χ0v) is 6.85. The fraction of sp³-hybridized carbons (Fsp3) is 1.00. The highest BCUT2D eigenvalue weighted by molar-refractivity contribution is 5.21. The van der Waals surface area contributed by atoms with E-state index in [9.17, 15) is 0 Å². The molecule has 2 bridgehead atoms. The van der Waals surface area contributed by atoms with Crippen LogP contribution in [0.5, 0.6) is 0 Å². The fourth-order valence-corrected chi connectivity index (χ4v) is 4.58. The predicted octanol–water partition coefficient (Wildman–Crippen LogP) is 0.807. The molecule has 3 saturated carbocycles. The van der Waals surface area contributed by atoms with Gasteiger partial charge in [0.2, 0.25) is 0 Å². The number of epoxide rings is 2. The normalized spacial score (nSPS) is 80.0. The van der Waals surface area contributed by atoms with Gasteiger partial charge >= 0.3 is 0 Å². The van der Waals surface area contributed by atoms with Crippen LogP contribution in [0.2, 0.25) is 0 Å². The Morgan fingerprint density at radius 1 is 0.750 bits per heavy atom. The molecule has 0 aromatic rings. The molecule has 64 valence electrons. The van der Waals surface area contributed by atoms with Crippen LogP contribution >= 0.6 is 0 Å². The van der Waals surface area contributed by atoms with Gasteiger partial charge in [0.1, 0.15) is 0 Å². The molecule has 12 heavy (non-hydrogen) atoms. The lowest BCUT2D eigenvalue weighted by Gasteiger charge is -2.22. The van der Waals surface area contributed by atoms with Crippen molar-refractivity contribution in [2.24, 2.45) is 23.7 Å². The van der Waals surface area contributed by atoms with E-state index in [4.69, 9.17) is 9.47 Å². The molecule has 8 atom stereocenters. The molecule has 2 saturated heterocycles. The number of rotatable bonds is 0. The Bertz CT molecular complexity index is 273. The number of fused-ring (bicyclic) bond motifs is 10. The van der Waals surface area contributed by atoms with Gasteiger partial charge in [0.15, 0.2) is 0 Å². The first-order valence-corrected chi connectivity index (χ1v) is 5.24. The van der Waals surface area contributed by atoms with Gasteiger partial charge in [-0.2, -0.15) is 0 Å². The standard InChI is InChI=1S/C10H12O2/c1-4-3-2-6-10(11-6)7(3)5(1)9-8(4)12-9/h3-10H,1-2H2/t3-,4-,5-,6+,7+,8+,9+,10-/m0/s1. The minimum absolute atomic E-state index is 0.676. The molecule has 0 amide bonds. The Morgan fingerprint density at radius 3 is 2.67 bits per heavy atom. The molecule has 5 aliphatic rings. The lowest BCUT2D eigenvalue weighted by molar-refractivity contribution is 0.162. The highest BCUT2D eigenvalue weighted by Crippen LogP contribution is 2.69. The molecular weight excluding hydrogens is 152 g/mol. The second-order valence-corrected chi connectivity index (χ2v) is 5.24. The lowest BCUT2D eigenvalue weighted by atomic mass is 9.81. The van der Waals surface area contributed by atoms with Gasteiger partial charge in [0.25, 0.3) is 0 Å². The van der Waals surface area contributed by atoms with Crippen LogP contribution in [0.3, 0.4) is 0 Å². The first kappa shape index (κ1) is 5.61. The van der Waals surface area contributed by atoms with Crippen molar-refractivity contribution in [1.29, 1.82) is 0 Å². The summed E-state index contributed by atoms with van der Waals surface area (Å²) in [4.78, 5) is 0. The monoisotopic (exact) mass is 164 g/mol. The molecule has 5 rings (SSSR count). The Balaban J connectivity index is 1.66. The Kier molecular flexibility index (Phi) is 0.644. The van der Waals surface area contributed by atoms with Crippen LogP contribution in [0.1, 0.15) is 12.8 Å². The summed E-state index contributed by atoms with van der Waals surface area (Å²) in [6.45, 7) is 0. The van der Waals surface area contributed by atoms with Crippen molar-refractivity contribution in [2.45, 2.75) is 37.3 Å². The molecule has 0 spiro atoms. The van der Waals surface area contributed by atoms with E-state index in [1.54, 1.807) is 0 Å². The summed E-state index contributed by atoms with van der Waals surface area (Å²) in [6.07, 6.45) is 5.58. The second-order valence-electron chi connectivity index (χ2n) is 5.24. The molecule has 0 aromatic heterocycles. The van der Waals surface area contributed by atoms with Crippen molar-refractivity contribution in [1.82, 2.24) is 0 Å². The molecule has 0 N–H and O–H groups in total. The zero-order valence-electron chi connectivity index (χ0n) is 6.85.